The topological polar surface area (TPSA) is 39.3 Å². The highest BCUT2D eigenvalue weighted by molar-refractivity contribution is 5.81. The van der Waals surface area contributed by atoms with Gasteiger partial charge in [0.2, 0.25) is 5.91 Å². The van der Waals surface area contributed by atoms with Crippen LogP contribution in [0.5, 0.6) is 0 Å². The van der Waals surface area contributed by atoms with E-state index in [0.717, 1.165) is 24.1 Å². The second-order valence-corrected chi connectivity index (χ2v) is 8.05. The second-order valence-electron chi connectivity index (χ2n) is 8.05. The Morgan fingerprint density at radius 3 is 2.73 bits per heavy atom. The van der Waals surface area contributed by atoms with Gasteiger partial charge in [-0.2, -0.15) is 0 Å². The number of nitrogens with zero attached hydrogens (tertiary/aromatic N) is 2. The van der Waals surface area contributed by atoms with Crippen molar-refractivity contribution in [1.82, 2.24) is 14.8 Å². The Bertz CT molecular complexity index is 714. The Morgan fingerprint density at radius 2 is 1.92 bits per heavy atom. The number of hydrogen-bond donors (Lipinski definition) is 1. The first-order valence-electron chi connectivity index (χ1n) is 10.3. The summed E-state index contributed by atoms with van der Waals surface area (Å²) in [6.45, 7) is 2.44. The van der Waals surface area contributed by atoms with Crippen LogP contribution in [0.1, 0.15) is 50.6 Å². The molecule has 2 aromatic rings. The van der Waals surface area contributed by atoms with Gasteiger partial charge in [0.25, 0.3) is 0 Å². The van der Waals surface area contributed by atoms with Crippen molar-refractivity contribution >= 4 is 16.8 Å². The number of para-hydroxylation sites is 1. The molecule has 0 radical (unpaired) electrons. The monoisotopic (exact) mass is 353 g/mol. The zero-order chi connectivity index (χ0) is 17.9. The molecule has 1 amide bonds. The number of H-pyrrole nitrogens is 1. The molecule has 2 aliphatic rings. The summed E-state index contributed by atoms with van der Waals surface area (Å²) in [4.78, 5) is 21.0. The SMILES string of the molecule is CN(C(=O)CCc1cc2ccccc2[nH]1)[C@@H]1CCCC[C@H]1N1CCCC1. The fourth-order valence-electron chi connectivity index (χ4n) is 4.91. The molecule has 4 nitrogen and oxygen atoms in total. The molecule has 2 fully saturated rings. The van der Waals surface area contributed by atoms with Crippen LogP contribution in [0.15, 0.2) is 30.3 Å². The maximum Gasteiger partial charge on any atom is 0.223 e. The van der Waals surface area contributed by atoms with E-state index in [1.54, 1.807) is 0 Å². The lowest BCUT2D eigenvalue weighted by Gasteiger charge is -2.42. The maximum absolute atomic E-state index is 12.9. The quantitative estimate of drug-likeness (QED) is 0.883. The van der Waals surface area contributed by atoms with E-state index in [1.165, 1.54) is 50.6 Å². The molecular weight excluding hydrogens is 322 g/mol. The van der Waals surface area contributed by atoms with Crippen molar-refractivity contribution in [3.63, 3.8) is 0 Å². The first-order valence-corrected chi connectivity index (χ1v) is 10.3. The number of aryl methyl sites for hydroxylation is 1. The molecule has 0 bridgehead atoms. The van der Waals surface area contributed by atoms with Gasteiger partial charge in [-0.05, 0) is 62.7 Å². The lowest BCUT2D eigenvalue weighted by atomic mass is 9.88. The maximum atomic E-state index is 12.9. The molecule has 2 heterocycles. The molecule has 1 N–H and O–H groups in total. The number of aromatic nitrogens is 1. The largest absolute Gasteiger partial charge is 0.358 e. The molecule has 140 valence electrons. The predicted molar refractivity (Wildman–Crippen MR) is 106 cm³/mol. The Morgan fingerprint density at radius 1 is 1.15 bits per heavy atom. The molecule has 26 heavy (non-hydrogen) atoms. The van der Waals surface area contributed by atoms with Crippen molar-refractivity contribution in [3.8, 4) is 0 Å². The van der Waals surface area contributed by atoms with Crippen LogP contribution < -0.4 is 0 Å². The van der Waals surface area contributed by atoms with Gasteiger partial charge in [0.15, 0.2) is 0 Å². The van der Waals surface area contributed by atoms with E-state index in [9.17, 15) is 4.79 Å². The van der Waals surface area contributed by atoms with E-state index < -0.39 is 0 Å². The van der Waals surface area contributed by atoms with Crippen molar-refractivity contribution in [2.45, 2.75) is 63.5 Å². The van der Waals surface area contributed by atoms with E-state index >= 15 is 0 Å². The van der Waals surface area contributed by atoms with Crippen LogP contribution in [0.25, 0.3) is 10.9 Å². The predicted octanol–water partition coefficient (Wildman–Crippen LogP) is 3.97. The first kappa shape index (κ1) is 17.6. The molecule has 4 heteroatoms. The summed E-state index contributed by atoms with van der Waals surface area (Å²) in [7, 11) is 2.03. The molecule has 1 saturated heterocycles. The minimum absolute atomic E-state index is 0.291. The normalized spacial score (nSPS) is 24.2. The Kier molecular flexibility index (Phi) is 5.30. The van der Waals surface area contributed by atoms with Crippen molar-refractivity contribution < 1.29 is 4.79 Å². The van der Waals surface area contributed by atoms with E-state index in [1.807, 2.05) is 13.1 Å². The van der Waals surface area contributed by atoms with Gasteiger partial charge in [0.05, 0.1) is 0 Å². The van der Waals surface area contributed by atoms with Crippen LogP contribution in [0.4, 0.5) is 0 Å². The summed E-state index contributed by atoms with van der Waals surface area (Å²) in [6, 6.07) is 11.5. The van der Waals surface area contributed by atoms with Gasteiger partial charge in [-0.25, -0.2) is 0 Å². The summed E-state index contributed by atoms with van der Waals surface area (Å²) >= 11 is 0. The van der Waals surface area contributed by atoms with Gasteiger partial charge >= 0.3 is 0 Å². The van der Waals surface area contributed by atoms with E-state index in [0.29, 0.717) is 24.4 Å². The lowest BCUT2D eigenvalue weighted by molar-refractivity contribution is -0.134. The number of amides is 1. The highest BCUT2D eigenvalue weighted by atomic mass is 16.2. The standard InChI is InChI=1S/C22H31N3O/c1-24(20-10-4-5-11-21(20)25-14-6-7-15-25)22(26)13-12-18-16-17-8-2-3-9-19(17)23-18/h2-3,8-9,16,20-21,23H,4-7,10-15H2,1H3/t20-,21-/m1/s1. The minimum Gasteiger partial charge on any atom is -0.358 e. The van der Waals surface area contributed by atoms with Gasteiger partial charge in [0, 0.05) is 36.8 Å². The van der Waals surface area contributed by atoms with Crippen LogP contribution in [0.3, 0.4) is 0 Å². The number of hydrogen-bond acceptors (Lipinski definition) is 2. The summed E-state index contributed by atoms with van der Waals surface area (Å²) in [5.74, 6) is 0.291. The lowest BCUT2D eigenvalue weighted by Crippen LogP contribution is -2.53. The van der Waals surface area contributed by atoms with Gasteiger partial charge < -0.3 is 9.88 Å². The number of likely N-dealkylation sites (N-methyl/N-ethyl adjacent to an activating group) is 1. The Balaban J connectivity index is 1.38. The smallest absolute Gasteiger partial charge is 0.223 e. The third kappa shape index (κ3) is 3.66. The average Bonchev–Trinajstić information content (AvgIpc) is 3.34. The zero-order valence-corrected chi connectivity index (χ0v) is 15.9. The van der Waals surface area contributed by atoms with Crippen molar-refractivity contribution in [1.29, 1.82) is 0 Å². The van der Waals surface area contributed by atoms with Gasteiger partial charge in [0.1, 0.15) is 0 Å². The number of fused-ring (bicyclic) bond motifs is 1. The number of likely N-dealkylation sites (tertiary alicyclic amines) is 1. The minimum atomic E-state index is 0.291. The number of carbonyl (C=O) groups is 1. The summed E-state index contributed by atoms with van der Waals surface area (Å²) in [5, 5.41) is 1.23. The summed E-state index contributed by atoms with van der Waals surface area (Å²) in [5.41, 5.74) is 2.32. The molecule has 1 aliphatic heterocycles. The molecule has 4 rings (SSSR count). The highest BCUT2D eigenvalue weighted by Gasteiger charge is 2.35. The van der Waals surface area contributed by atoms with Crippen molar-refractivity contribution in [3.05, 3.63) is 36.0 Å². The van der Waals surface area contributed by atoms with Gasteiger partial charge in [-0.15, -0.1) is 0 Å². The Labute approximate surface area is 156 Å². The second kappa shape index (κ2) is 7.83. The molecule has 0 unspecified atom stereocenters. The number of carbonyl (C=O) groups excluding carboxylic acids is 1. The van der Waals surface area contributed by atoms with Crippen LogP contribution in [0, 0.1) is 0 Å². The molecular formula is C22H31N3O. The molecule has 2 atom stereocenters. The molecule has 0 spiro atoms. The third-order valence-corrected chi connectivity index (χ3v) is 6.39. The van der Waals surface area contributed by atoms with Crippen LogP contribution >= 0.6 is 0 Å². The molecule has 1 aliphatic carbocycles. The molecule has 1 aromatic carbocycles. The highest BCUT2D eigenvalue weighted by Crippen LogP contribution is 2.29. The van der Waals surface area contributed by atoms with Gasteiger partial charge in [-0.3, -0.25) is 9.69 Å². The number of aromatic amines is 1. The fourth-order valence-corrected chi connectivity index (χ4v) is 4.91. The van der Waals surface area contributed by atoms with Gasteiger partial charge in [-0.1, -0.05) is 31.0 Å². The zero-order valence-electron chi connectivity index (χ0n) is 15.9. The summed E-state index contributed by atoms with van der Waals surface area (Å²) in [6.07, 6.45) is 9.01. The number of benzene rings is 1. The summed E-state index contributed by atoms with van der Waals surface area (Å²) < 4.78 is 0. The van der Waals surface area contributed by atoms with Crippen molar-refractivity contribution in [2.75, 3.05) is 20.1 Å². The first-order chi connectivity index (χ1) is 12.7. The molecule has 1 saturated carbocycles. The van der Waals surface area contributed by atoms with Crippen LogP contribution in [-0.2, 0) is 11.2 Å². The third-order valence-electron chi connectivity index (χ3n) is 6.39. The van der Waals surface area contributed by atoms with Crippen LogP contribution in [0.2, 0.25) is 0 Å². The number of nitrogens with one attached hydrogen (secondary N) is 1. The average molecular weight is 354 g/mol. The van der Waals surface area contributed by atoms with Crippen molar-refractivity contribution in [2.24, 2.45) is 0 Å². The number of rotatable bonds is 5. The van der Waals surface area contributed by atoms with E-state index in [-0.39, 0.29) is 0 Å². The Hall–Kier alpha value is -1.81. The molecule has 1 aromatic heterocycles. The van der Waals surface area contributed by atoms with E-state index in [4.69, 9.17) is 0 Å². The van der Waals surface area contributed by atoms with E-state index in [2.05, 4.69) is 39.0 Å². The van der Waals surface area contributed by atoms with Crippen LogP contribution in [-0.4, -0.2) is 52.9 Å². The fraction of sp³-hybridized carbons (Fsp3) is 0.591.